The van der Waals surface area contributed by atoms with E-state index in [2.05, 4.69) is 87.6 Å². The lowest BCUT2D eigenvalue weighted by molar-refractivity contribution is 0.0968. The van der Waals surface area contributed by atoms with Crippen LogP contribution in [0.3, 0.4) is 0 Å². The van der Waals surface area contributed by atoms with Crippen molar-refractivity contribution in [1.82, 2.24) is 39.3 Å². The lowest BCUT2D eigenvalue weighted by atomic mass is 9.98. The summed E-state index contributed by atoms with van der Waals surface area (Å²) in [7, 11) is -11.2. The van der Waals surface area contributed by atoms with Gasteiger partial charge in [0.2, 0.25) is 30.1 Å². The van der Waals surface area contributed by atoms with Crippen LogP contribution in [-0.4, -0.2) is 157 Å². The van der Waals surface area contributed by atoms with Crippen molar-refractivity contribution in [3.05, 3.63) is 175 Å². The van der Waals surface area contributed by atoms with E-state index >= 15 is 0 Å². The SMILES string of the molecule is Clc1ccc(N2CCNCC2)cc1Cl.O=C(NS(=O)(=O)C1CC1)c1cc(Br)c(CBr)cc1F.O=C(NS(=O)(=O)C1CC1)c1cc(Br)c(CN2CCN(c3cc(Cl)c(Cl)cn3)CC2)cc1F.O=C(NS(=O)(=O)C1CC1)c1cc(C2CC2)c(CN2CCN(c3cc(Cl)c(Cl)cn3)CC2)cc1F. The number of nitrogens with one attached hydrogen (secondary N) is 4. The second-order valence-electron chi connectivity index (χ2n) is 24.6. The van der Waals surface area contributed by atoms with Crippen molar-refractivity contribution in [2.24, 2.45) is 0 Å². The standard InChI is InChI=1S/C23H25Cl2FN4O3S.C20H20BrCl2FN4O3S.C11H10Br2FNO3S.C10H12Cl2N2/c24-19-11-22(27-12-20(19)25)30-7-5-29(6-8-30)13-15-9-21(26)18(10-17(15)14-1-2-14)23(31)28-34(32,33)16-3-4-16;21-15-8-14(20(29)26-32(30,31)13-1-2-13)18(24)7-12(15)11-27-3-5-28(6-4-27)19-9-16(22)17(23)10-25-19;12-5-6-3-10(14)8(4-9(6)13)11(16)15-19(17,18)7-1-2-7;11-9-2-1-8(7-10(9)12)14-5-3-13-4-6-14/h9-12,14,16H,1-8,13H2,(H,28,31);7-10,13H,1-6,11H2,(H,26,29);3-4,7H,1-2,5H2,(H,15,16);1-2,7,13H,3-6H2. The highest BCUT2D eigenvalue weighted by molar-refractivity contribution is 9.11. The summed E-state index contributed by atoms with van der Waals surface area (Å²) in [6.07, 6.45) is 8.22. The van der Waals surface area contributed by atoms with Gasteiger partial charge in [-0.15, -0.1) is 0 Å². The second-order valence-corrected chi connectivity index (χ2v) is 35.2. The summed E-state index contributed by atoms with van der Waals surface area (Å²) in [6.45, 7) is 11.0. The molecule has 3 aliphatic heterocycles. The largest absolute Gasteiger partial charge is 0.369 e. The van der Waals surface area contributed by atoms with Crippen LogP contribution >= 0.6 is 117 Å². The van der Waals surface area contributed by atoms with Gasteiger partial charge in [0.05, 0.1) is 62.6 Å². The van der Waals surface area contributed by atoms with Gasteiger partial charge in [-0.1, -0.05) is 117 Å². The van der Waals surface area contributed by atoms with E-state index in [0.717, 1.165) is 107 Å². The molecule has 5 heterocycles. The fourth-order valence-electron chi connectivity index (χ4n) is 10.9. The highest BCUT2D eigenvalue weighted by atomic mass is 79.9. The molecule has 7 fully saturated rings. The smallest absolute Gasteiger partial charge is 0.267 e. The zero-order valence-electron chi connectivity index (χ0n) is 52.6. The molecule has 4 N–H and O–H groups in total. The van der Waals surface area contributed by atoms with Crippen LogP contribution in [0, 0.1) is 17.5 Å². The number of piperazine rings is 3. The number of pyridine rings is 2. The molecule has 7 aliphatic rings. The molecule has 0 radical (unpaired) electrons. The van der Waals surface area contributed by atoms with Crippen LogP contribution in [0.1, 0.15) is 111 Å². The van der Waals surface area contributed by atoms with Crippen LogP contribution in [0.4, 0.5) is 30.5 Å². The Morgan fingerprint density at radius 1 is 0.465 bits per heavy atom. The highest BCUT2D eigenvalue weighted by Crippen LogP contribution is 2.43. The zero-order chi connectivity index (χ0) is 71.3. The summed E-state index contributed by atoms with van der Waals surface area (Å²) in [5.41, 5.74) is 3.45. The van der Waals surface area contributed by atoms with E-state index in [4.69, 9.17) is 69.6 Å². The molecule has 0 unspecified atom stereocenters. The summed E-state index contributed by atoms with van der Waals surface area (Å²) in [5.74, 6) is -3.17. The summed E-state index contributed by atoms with van der Waals surface area (Å²) in [5, 5.41) is 5.09. The zero-order valence-corrected chi connectivity index (χ0v) is 64.4. The number of aromatic nitrogens is 2. The molecule has 4 aromatic carbocycles. The molecule has 4 aliphatic carbocycles. The van der Waals surface area contributed by atoms with Gasteiger partial charge in [-0.25, -0.2) is 62.6 Å². The number of rotatable bonds is 18. The third kappa shape index (κ3) is 21.0. The fraction of sp³-hybridized carbons (Fsp3) is 0.422. The Labute approximate surface area is 628 Å². The molecule has 99 heavy (non-hydrogen) atoms. The van der Waals surface area contributed by atoms with Gasteiger partial charge in [0, 0.05) is 136 Å². The van der Waals surface area contributed by atoms with Gasteiger partial charge >= 0.3 is 0 Å². The molecule has 4 saturated carbocycles. The van der Waals surface area contributed by atoms with Gasteiger partial charge in [0.1, 0.15) is 29.1 Å². The maximum absolute atomic E-state index is 15.0. The Morgan fingerprint density at radius 3 is 1.24 bits per heavy atom. The van der Waals surface area contributed by atoms with E-state index in [0.29, 0.717) is 120 Å². The van der Waals surface area contributed by atoms with Crippen LogP contribution in [-0.2, 0) is 48.5 Å². The number of hydrogen-bond donors (Lipinski definition) is 4. The molecule has 20 nitrogen and oxygen atoms in total. The van der Waals surface area contributed by atoms with E-state index in [1.54, 1.807) is 24.4 Å². The second kappa shape index (κ2) is 33.6. The summed E-state index contributed by atoms with van der Waals surface area (Å²) >= 11 is 45.7. The van der Waals surface area contributed by atoms with Crippen molar-refractivity contribution in [2.75, 3.05) is 93.2 Å². The molecule has 13 rings (SSSR count). The van der Waals surface area contributed by atoms with Crippen LogP contribution in [0.5, 0.6) is 0 Å². The van der Waals surface area contributed by atoms with Crippen molar-refractivity contribution in [1.29, 1.82) is 0 Å². The minimum Gasteiger partial charge on any atom is -0.369 e. The van der Waals surface area contributed by atoms with Crippen LogP contribution in [0.2, 0.25) is 30.1 Å². The molecule has 0 bridgehead atoms. The number of nitrogens with zero attached hydrogens (tertiary/aromatic N) is 7. The van der Waals surface area contributed by atoms with Gasteiger partial charge in [-0.2, -0.15) is 0 Å². The quantitative estimate of drug-likeness (QED) is 0.0585. The molecule has 3 amide bonds. The molecule has 3 saturated heterocycles. The number of amides is 3. The number of sulfonamides is 3. The molecule has 6 aromatic rings. The van der Waals surface area contributed by atoms with Crippen LogP contribution in [0.15, 0.2) is 88.1 Å². The molecule has 534 valence electrons. The third-order valence-corrected chi connectivity index (χ3v) is 26.8. The van der Waals surface area contributed by atoms with E-state index in [1.165, 1.54) is 36.5 Å². The van der Waals surface area contributed by atoms with E-state index < -0.39 is 81.0 Å². The highest BCUT2D eigenvalue weighted by Gasteiger charge is 2.40. The first-order chi connectivity index (χ1) is 47.0. The minimum atomic E-state index is -3.75. The van der Waals surface area contributed by atoms with Gasteiger partial charge in [-0.3, -0.25) is 24.2 Å². The molecule has 0 atom stereocenters. The minimum absolute atomic E-state index is 0.203. The Balaban J connectivity index is 0.000000151. The summed E-state index contributed by atoms with van der Waals surface area (Å²) < 4.78 is 122. The van der Waals surface area contributed by atoms with Crippen LogP contribution < -0.4 is 34.2 Å². The topological polar surface area (TPSA) is 244 Å². The lowest BCUT2D eigenvalue weighted by Gasteiger charge is -2.35. The number of anilines is 3. The number of carbonyl (C=O) groups is 3. The number of halogens is 12. The van der Waals surface area contributed by atoms with Crippen molar-refractivity contribution in [3.8, 4) is 0 Å². The maximum atomic E-state index is 15.0. The maximum Gasteiger partial charge on any atom is 0.267 e. The predicted molar refractivity (Wildman–Crippen MR) is 392 cm³/mol. The van der Waals surface area contributed by atoms with E-state index in [-0.39, 0.29) is 22.6 Å². The Morgan fingerprint density at radius 2 is 0.848 bits per heavy atom. The first-order valence-electron chi connectivity index (χ1n) is 31.5. The molecular weight excluding hydrogens is 1670 g/mol. The van der Waals surface area contributed by atoms with Gasteiger partial charge in [0.25, 0.3) is 17.7 Å². The first-order valence-corrected chi connectivity index (χ1v) is 41.1. The number of hydrogen-bond acceptors (Lipinski definition) is 17. The van der Waals surface area contributed by atoms with E-state index in [1.807, 2.05) is 32.4 Å². The number of benzene rings is 4. The number of carbonyl (C=O) groups excluding carboxylic acids is 3. The first kappa shape index (κ1) is 77.3. The summed E-state index contributed by atoms with van der Waals surface area (Å²) in [4.78, 5) is 56.3. The Kier molecular flexibility index (Phi) is 26.3. The average Bonchev–Trinajstić information content (AvgIpc) is 1.34. The van der Waals surface area contributed by atoms with E-state index in [9.17, 15) is 52.8 Å². The summed E-state index contributed by atoms with van der Waals surface area (Å²) in [6, 6.07) is 17.3. The van der Waals surface area contributed by atoms with Crippen molar-refractivity contribution in [2.45, 2.75) is 91.5 Å². The number of alkyl halides is 1. The van der Waals surface area contributed by atoms with Crippen molar-refractivity contribution in [3.63, 3.8) is 0 Å². The molecular formula is C64H67Br3Cl6F3N11O9S3. The normalized spacial score (nSPS) is 17.6. The van der Waals surface area contributed by atoms with Gasteiger partial charge in [-0.05, 0) is 134 Å². The van der Waals surface area contributed by atoms with Crippen LogP contribution in [0.25, 0.3) is 0 Å². The van der Waals surface area contributed by atoms with Gasteiger partial charge < -0.3 is 20.0 Å². The predicted octanol–water partition coefficient (Wildman–Crippen LogP) is 12.9. The third-order valence-electron chi connectivity index (χ3n) is 17.1. The van der Waals surface area contributed by atoms with Gasteiger partial charge in [0.15, 0.2) is 0 Å². The Bertz CT molecular complexity index is 4380. The van der Waals surface area contributed by atoms with Crippen molar-refractivity contribution < 1.29 is 52.8 Å². The van der Waals surface area contributed by atoms with Crippen molar-refractivity contribution >= 4 is 183 Å². The lowest BCUT2D eigenvalue weighted by Crippen LogP contribution is -2.46. The average molecular weight is 1740 g/mol. The fourth-order valence-corrected chi connectivity index (χ4v) is 17.4. The molecule has 0 spiro atoms. The molecule has 35 heteroatoms. The molecule has 2 aromatic heterocycles. The monoisotopic (exact) mass is 1730 g/mol. The Hall–Kier alpha value is -4.31.